The molecule has 2 aromatic heterocycles. The lowest BCUT2D eigenvalue weighted by Crippen LogP contribution is -2.15. The van der Waals surface area contributed by atoms with Crippen LogP contribution in [0.3, 0.4) is 0 Å². The van der Waals surface area contributed by atoms with E-state index in [1.165, 1.54) is 6.20 Å². The van der Waals surface area contributed by atoms with Crippen LogP contribution < -0.4 is 5.32 Å². The largest absolute Gasteiger partial charge is 0.464 e. The molecule has 19 heavy (non-hydrogen) atoms. The molecule has 0 aliphatic heterocycles. The fourth-order valence-electron chi connectivity index (χ4n) is 1.72. The van der Waals surface area contributed by atoms with Gasteiger partial charge in [0.15, 0.2) is 5.01 Å². The summed E-state index contributed by atoms with van der Waals surface area (Å²) in [5.74, 6) is 1.40. The van der Waals surface area contributed by atoms with E-state index in [1.54, 1.807) is 13.1 Å². The summed E-state index contributed by atoms with van der Waals surface area (Å²) >= 11 is 0.626. The zero-order chi connectivity index (χ0) is 14.0. The highest BCUT2D eigenvalue weighted by Gasteiger charge is 2.35. The minimum Gasteiger partial charge on any atom is -0.464 e. The number of nitrogens with zero attached hydrogens (tertiary/aromatic N) is 1. The predicted octanol–water partition coefficient (Wildman–Crippen LogP) is 3.63. The zero-order valence-corrected chi connectivity index (χ0v) is 11.2. The second-order valence-electron chi connectivity index (χ2n) is 3.94. The van der Waals surface area contributed by atoms with Gasteiger partial charge < -0.3 is 9.73 Å². The number of furan rings is 1. The van der Waals surface area contributed by atoms with Gasteiger partial charge in [-0.15, -0.1) is 11.3 Å². The molecule has 0 amide bonds. The highest BCUT2D eigenvalue weighted by atomic mass is 32.1. The van der Waals surface area contributed by atoms with Crippen LogP contribution in [0.15, 0.2) is 22.7 Å². The SMILES string of the molecule is CCc1ccc(C(NC)c2cnc(C(F)(F)F)s2)o1. The van der Waals surface area contributed by atoms with Gasteiger partial charge >= 0.3 is 6.18 Å². The lowest BCUT2D eigenvalue weighted by Gasteiger charge is -2.10. The molecule has 0 spiro atoms. The van der Waals surface area contributed by atoms with Gasteiger partial charge in [-0.3, -0.25) is 0 Å². The summed E-state index contributed by atoms with van der Waals surface area (Å²) < 4.78 is 43.2. The number of nitrogens with one attached hydrogen (secondary N) is 1. The Morgan fingerprint density at radius 3 is 2.63 bits per heavy atom. The fraction of sp³-hybridized carbons (Fsp3) is 0.417. The summed E-state index contributed by atoms with van der Waals surface area (Å²) in [6.07, 6.45) is -2.42. The van der Waals surface area contributed by atoms with E-state index in [1.807, 2.05) is 13.0 Å². The molecule has 0 saturated heterocycles. The van der Waals surface area contributed by atoms with Gasteiger partial charge in [-0.25, -0.2) is 4.98 Å². The predicted molar refractivity (Wildman–Crippen MR) is 66.1 cm³/mol. The average Bonchev–Trinajstić information content (AvgIpc) is 2.98. The number of thiazole rings is 1. The highest BCUT2D eigenvalue weighted by Crippen LogP contribution is 2.36. The number of aromatic nitrogens is 1. The van der Waals surface area contributed by atoms with Crippen LogP contribution in [0.1, 0.15) is 34.4 Å². The van der Waals surface area contributed by atoms with Crippen molar-refractivity contribution in [2.45, 2.75) is 25.6 Å². The molecule has 0 fully saturated rings. The summed E-state index contributed by atoms with van der Waals surface area (Å²) in [7, 11) is 1.67. The molecule has 0 radical (unpaired) electrons. The van der Waals surface area contributed by atoms with E-state index < -0.39 is 17.2 Å². The smallest absolute Gasteiger partial charge is 0.443 e. The van der Waals surface area contributed by atoms with E-state index >= 15 is 0 Å². The third-order valence-corrected chi connectivity index (χ3v) is 3.76. The maximum absolute atomic E-state index is 12.5. The van der Waals surface area contributed by atoms with Crippen LogP contribution in [-0.4, -0.2) is 12.0 Å². The lowest BCUT2D eigenvalue weighted by molar-refractivity contribution is -0.137. The minimum absolute atomic E-state index is 0.408. The molecular weight excluding hydrogens is 277 g/mol. The first kappa shape index (κ1) is 14.1. The molecule has 0 aromatic carbocycles. The van der Waals surface area contributed by atoms with E-state index in [0.29, 0.717) is 22.0 Å². The van der Waals surface area contributed by atoms with Crippen molar-refractivity contribution in [3.8, 4) is 0 Å². The van der Waals surface area contributed by atoms with Crippen LogP contribution in [0, 0.1) is 0 Å². The molecule has 0 aliphatic carbocycles. The molecule has 0 bridgehead atoms. The maximum atomic E-state index is 12.5. The summed E-state index contributed by atoms with van der Waals surface area (Å²) in [5, 5.41) is 2.10. The summed E-state index contributed by atoms with van der Waals surface area (Å²) in [6, 6.07) is 3.19. The highest BCUT2D eigenvalue weighted by molar-refractivity contribution is 7.11. The molecule has 3 nitrogen and oxygen atoms in total. The number of halogens is 3. The van der Waals surface area contributed by atoms with E-state index in [0.717, 1.165) is 12.2 Å². The molecule has 2 aromatic rings. The topological polar surface area (TPSA) is 38.1 Å². The summed E-state index contributed by atoms with van der Waals surface area (Å²) in [4.78, 5) is 3.90. The molecule has 2 rings (SSSR count). The van der Waals surface area contributed by atoms with Crippen molar-refractivity contribution in [1.82, 2.24) is 10.3 Å². The van der Waals surface area contributed by atoms with Gasteiger partial charge in [0.1, 0.15) is 17.6 Å². The first-order valence-electron chi connectivity index (χ1n) is 5.74. The van der Waals surface area contributed by atoms with Gasteiger partial charge in [0.05, 0.1) is 0 Å². The van der Waals surface area contributed by atoms with Crippen LogP contribution in [0.4, 0.5) is 13.2 Å². The first-order chi connectivity index (χ1) is 8.95. The normalized spacial score (nSPS) is 13.7. The van der Waals surface area contributed by atoms with Gasteiger partial charge in [0.25, 0.3) is 0 Å². The number of hydrogen-bond donors (Lipinski definition) is 1. The van der Waals surface area contributed by atoms with Crippen molar-refractivity contribution in [3.05, 3.63) is 39.7 Å². The lowest BCUT2D eigenvalue weighted by atomic mass is 10.2. The number of alkyl halides is 3. The summed E-state index contributed by atoms with van der Waals surface area (Å²) in [6.45, 7) is 1.95. The van der Waals surface area contributed by atoms with Crippen LogP contribution in [-0.2, 0) is 12.6 Å². The van der Waals surface area contributed by atoms with Gasteiger partial charge in [0, 0.05) is 17.5 Å². The van der Waals surface area contributed by atoms with Gasteiger partial charge in [-0.2, -0.15) is 13.2 Å². The van der Waals surface area contributed by atoms with Crippen LogP contribution >= 0.6 is 11.3 Å². The molecule has 1 unspecified atom stereocenters. The van der Waals surface area contributed by atoms with E-state index in [-0.39, 0.29) is 0 Å². The number of rotatable bonds is 4. The van der Waals surface area contributed by atoms with E-state index in [4.69, 9.17) is 4.42 Å². The van der Waals surface area contributed by atoms with Crippen LogP contribution in [0.2, 0.25) is 0 Å². The molecular formula is C12H13F3N2OS. The Balaban J connectivity index is 2.29. The van der Waals surface area contributed by atoms with Crippen molar-refractivity contribution in [3.63, 3.8) is 0 Å². The molecule has 7 heteroatoms. The Kier molecular flexibility index (Phi) is 3.96. The fourth-order valence-corrected chi connectivity index (χ4v) is 2.62. The number of aryl methyl sites for hydroxylation is 1. The average molecular weight is 290 g/mol. The molecule has 0 saturated carbocycles. The molecule has 0 aliphatic rings. The minimum atomic E-state index is -4.40. The van der Waals surface area contributed by atoms with Crippen molar-refractivity contribution in [1.29, 1.82) is 0 Å². The summed E-state index contributed by atoms with van der Waals surface area (Å²) in [5.41, 5.74) is 0. The Morgan fingerprint density at radius 2 is 2.16 bits per heavy atom. The third kappa shape index (κ3) is 2.98. The Bertz CT molecular complexity index is 547. The van der Waals surface area contributed by atoms with E-state index in [2.05, 4.69) is 10.3 Å². The second-order valence-corrected chi connectivity index (χ2v) is 5.01. The van der Waals surface area contributed by atoms with Gasteiger partial charge in [0.2, 0.25) is 0 Å². The van der Waals surface area contributed by atoms with Crippen LogP contribution in [0.25, 0.3) is 0 Å². The quantitative estimate of drug-likeness (QED) is 0.934. The molecule has 1 N–H and O–H groups in total. The van der Waals surface area contributed by atoms with Crippen molar-refractivity contribution < 1.29 is 17.6 Å². The Labute approximate surface area is 112 Å². The zero-order valence-electron chi connectivity index (χ0n) is 10.4. The van der Waals surface area contributed by atoms with Crippen LogP contribution in [0.5, 0.6) is 0 Å². The second kappa shape index (κ2) is 5.34. The standard InChI is InChI=1S/C12H13F3N2OS/c1-3-7-4-5-8(18-7)10(16-2)9-6-17-11(19-9)12(13,14)15/h4-6,10,16H,3H2,1-2H3. The monoisotopic (exact) mass is 290 g/mol. The Morgan fingerprint density at radius 1 is 1.42 bits per heavy atom. The van der Waals surface area contributed by atoms with Gasteiger partial charge in [-0.05, 0) is 19.2 Å². The van der Waals surface area contributed by atoms with Crippen molar-refractivity contribution in [2.24, 2.45) is 0 Å². The molecule has 1 atom stereocenters. The van der Waals surface area contributed by atoms with Gasteiger partial charge in [-0.1, -0.05) is 6.92 Å². The third-order valence-electron chi connectivity index (χ3n) is 2.65. The molecule has 2 heterocycles. The van der Waals surface area contributed by atoms with Crippen molar-refractivity contribution in [2.75, 3.05) is 7.05 Å². The maximum Gasteiger partial charge on any atom is 0.443 e. The van der Waals surface area contributed by atoms with E-state index in [9.17, 15) is 13.2 Å². The number of hydrogen-bond acceptors (Lipinski definition) is 4. The molecule has 104 valence electrons. The first-order valence-corrected chi connectivity index (χ1v) is 6.56. The van der Waals surface area contributed by atoms with Crippen molar-refractivity contribution >= 4 is 11.3 Å². The Hall–Kier alpha value is -1.34.